The zero-order chi connectivity index (χ0) is 14.7. The first-order valence-electron chi connectivity index (χ1n) is 6.40. The van der Waals surface area contributed by atoms with E-state index in [0.717, 1.165) is 25.7 Å². The third-order valence-electron chi connectivity index (χ3n) is 3.51. The van der Waals surface area contributed by atoms with Crippen molar-refractivity contribution in [2.75, 3.05) is 6.54 Å². The Morgan fingerprint density at radius 2 is 1.90 bits per heavy atom. The molecule has 0 radical (unpaired) electrons. The van der Waals surface area contributed by atoms with Gasteiger partial charge in [-0.25, -0.2) is 8.78 Å². The molecule has 5 nitrogen and oxygen atoms in total. The molecule has 0 aliphatic heterocycles. The molecule has 1 aromatic carbocycles. The molecule has 1 aliphatic carbocycles. The van der Waals surface area contributed by atoms with E-state index in [-0.39, 0.29) is 0 Å². The highest BCUT2D eigenvalue weighted by atomic mass is 19.2. The van der Waals surface area contributed by atoms with Crippen LogP contribution in [-0.2, 0) is 0 Å². The normalized spacial score (nSPS) is 15.3. The first-order chi connectivity index (χ1) is 9.49. The first-order valence-corrected chi connectivity index (χ1v) is 6.40. The average molecular weight is 284 g/mol. The van der Waals surface area contributed by atoms with E-state index in [2.05, 4.69) is 5.32 Å². The van der Waals surface area contributed by atoms with Crippen molar-refractivity contribution in [2.24, 2.45) is 5.92 Å². The molecule has 1 N–H and O–H groups in total. The molecule has 1 saturated carbocycles. The smallest absolute Gasteiger partial charge is 0.285 e. The van der Waals surface area contributed by atoms with Gasteiger partial charge in [0.15, 0.2) is 11.6 Å². The number of halogens is 2. The molecule has 1 aromatic rings. The summed E-state index contributed by atoms with van der Waals surface area (Å²) in [7, 11) is 0. The van der Waals surface area contributed by atoms with Gasteiger partial charge in [0.1, 0.15) is 5.56 Å². The van der Waals surface area contributed by atoms with Crippen molar-refractivity contribution in [3.8, 4) is 0 Å². The quantitative estimate of drug-likeness (QED) is 0.682. The van der Waals surface area contributed by atoms with Crippen molar-refractivity contribution in [1.29, 1.82) is 0 Å². The predicted octanol–water partition coefficient (Wildman–Crippen LogP) is 2.79. The van der Waals surface area contributed by atoms with Gasteiger partial charge in [0.25, 0.3) is 11.6 Å². The van der Waals surface area contributed by atoms with E-state index in [1.807, 2.05) is 0 Å². The van der Waals surface area contributed by atoms with Gasteiger partial charge >= 0.3 is 0 Å². The SMILES string of the molecule is O=C(NCC1CCCC1)c1cc(F)c(F)cc1[N+](=O)[O-]. The lowest BCUT2D eigenvalue weighted by molar-refractivity contribution is -0.385. The van der Waals surface area contributed by atoms with Gasteiger partial charge in [-0.15, -0.1) is 0 Å². The molecular formula is C13H14F2N2O3. The molecule has 0 bridgehead atoms. The number of nitrogens with zero attached hydrogens (tertiary/aromatic N) is 1. The van der Waals surface area contributed by atoms with Crippen LogP contribution in [0.25, 0.3) is 0 Å². The second-order valence-corrected chi connectivity index (χ2v) is 4.90. The summed E-state index contributed by atoms with van der Waals surface area (Å²) in [5.74, 6) is -3.02. The minimum Gasteiger partial charge on any atom is -0.352 e. The van der Waals surface area contributed by atoms with Crippen LogP contribution in [0.3, 0.4) is 0 Å². The third kappa shape index (κ3) is 3.09. The lowest BCUT2D eigenvalue weighted by Crippen LogP contribution is -2.29. The van der Waals surface area contributed by atoms with Gasteiger partial charge in [0.05, 0.1) is 11.0 Å². The number of nitrogens with one attached hydrogen (secondary N) is 1. The molecule has 0 atom stereocenters. The monoisotopic (exact) mass is 284 g/mol. The Balaban J connectivity index is 2.15. The zero-order valence-electron chi connectivity index (χ0n) is 10.7. The maximum absolute atomic E-state index is 13.1. The molecule has 0 saturated heterocycles. The van der Waals surface area contributed by atoms with Crippen molar-refractivity contribution in [1.82, 2.24) is 5.32 Å². The number of nitro benzene ring substituents is 1. The van der Waals surface area contributed by atoms with Crippen molar-refractivity contribution in [2.45, 2.75) is 25.7 Å². The summed E-state index contributed by atoms with van der Waals surface area (Å²) in [6.45, 7) is 0.398. The molecule has 0 heterocycles. The molecular weight excluding hydrogens is 270 g/mol. The molecule has 1 fully saturated rings. The highest BCUT2D eigenvalue weighted by Crippen LogP contribution is 2.25. The maximum atomic E-state index is 13.1. The van der Waals surface area contributed by atoms with Crippen LogP contribution >= 0.6 is 0 Å². The minimum absolute atomic E-state index is 0.350. The topological polar surface area (TPSA) is 72.2 Å². The van der Waals surface area contributed by atoms with Crippen LogP contribution in [0.5, 0.6) is 0 Å². The average Bonchev–Trinajstić information content (AvgIpc) is 2.91. The van der Waals surface area contributed by atoms with E-state index in [1.54, 1.807) is 0 Å². The van der Waals surface area contributed by atoms with Crippen LogP contribution < -0.4 is 5.32 Å². The molecule has 0 spiro atoms. The summed E-state index contributed by atoms with van der Waals surface area (Å²) in [5, 5.41) is 13.3. The van der Waals surface area contributed by atoms with E-state index in [4.69, 9.17) is 0 Å². The Morgan fingerprint density at radius 1 is 1.30 bits per heavy atom. The van der Waals surface area contributed by atoms with Crippen LogP contribution in [0, 0.1) is 27.7 Å². The molecule has 1 amide bonds. The second kappa shape index (κ2) is 5.94. The van der Waals surface area contributed by atoms with Gasteiger partial charge < -0.3 is 5.32 Å². The van der Waals surface area contributed by atoms with E-state index >= 15 is 0 Å². The van der Waals surface area contributed by atoms with Gasteiger partial charge in [-0.2, -0.15) is 0 Å². The molecule has 20 heavy (non-hydrogen) atoms. The number of nitro groups is 1. The zero-order valence-corrected chi connectivity index (χ0v) is 10.7. The highest BCUT2D eigenvalue weighted by molar-refractivity contribution is 5.98. The summed E-state index contributed by atoms with van der Waals surface area (Å²) < 4.78 is 26.1. The van der Waals surface area contributed by atoms with Crippen LogP contribution in [-0.4, -0.2) is 17.4 Å². The summed E-state index contributed by atoms with van der Waals surface area (Å²) in [4.78, 5) is 21.8. The largest absolute Gasteiger partial charge is 0.352 e. The standard InChI is InChI=1S/C13H14F2N2O3/c14-10-5-9(12(17(19)20)6-11(10)15)13(18)16-7-8-3-1-2-4-8/h5-6,8H,1-4,7H2,(H,16,18). The number of benzene rings is 1. The van der Waals surface area contributed by atoms with Gasteiger partial charge in [0.2, 0.25) is 0 Å². The predicted molar refractivity (Wildman–Crippen MR) is 67.3 cm³/mol. The number of rotatable bonds is 4. The van der Waals surface area contributed by atoms with E-state index in [0.29, 0.717) is 24.6 Å². The molecule has 108 valence electrons. The van der Waals surface area contributed by atoms with Gasteiger partial charge in [-0.05, 0) is 24.8 Å². The van der Waals surface area contributed by atoms with Crippen LogP contribution in [0.1, 0.15) is 36.0 Å². The molecule has 0 aromatic heterocycles. The fourth-order valence-electron chi connectivity index (χ4n) is 2.42. The second-order valence-electron chi connectivity index (χ2n) is 4.90. The van der Waals surface area contributed by atoms with E-state index < -0.39 is 33.7 Å². The molecule has 7 heteroatoms. The number of carbonyl (C=O) groups excluding carboxylic acids is 1. The summed E-state index contributed by atoms with van der Waals surface area (Å²) in [6, 6.07) is 0.997. The van der Waals surface area contributed by atoms with Crippen LogP contribution in [0.2, 0.25) is 0 Å². The van der Waals surface area contributed by atoms with Gasteiger partial charge in [-0.3, -0.25) is 14.9 Å². The lowest BCUT2D eigenvalue weighted by atomic mass is 10.1. The molecule has 2 rings (SSSR count). The van der Waals surface area contributed by atoms with Crippen LogP contribution in [0.15, 0.2) is 12.1 Å². The van der Waals surface area contributed by atoms with Crippen LogP contribution in [0.4, 0.5) is 14.5 Å². The summed E-state index contributed by atoms with van der Waals surface area (Å²) in [6.07, 6.45) is 4.21. The van der Waals surface area contributed by atoms with Gasteiger partial charge in [-0.1, -0.05) is 12.8 Å². The van der Waals surface area contributed by atoms with Crippen molar-refractivity contribution >= 4 is 11.6 Å². The Morgan fingerprint density at radius 3 is 2.50 bits per heavy atom. The Hall–Kier alpha value is -2.05. The van der Waals surface area contributed by atoms with E-state index in [9.17, 15) is 23.7 Å². The Kier molecular flexibility index (Phi) is 4.26. The highest BCUT2D eigenvalue weighted by Gasteiger charge is 2.24. The number of hydrogen-bond acceptors (Lipinski definition) is 3. The fraction of sp³-hybridized carbons (Fsp3) is 0.462. The summed E-state index contributed by atoms with van der Waals surface area (Å²) in [5.41, 5.74) is -1.18. The maximum Gasteiger partial charge on any atom is 0.285 e. The van der Waals surface area contributed by atoms with Gasteiger partial charge in [0, 0.05) is 6.54 Å². The lowest BCUT2D eigenvalue weighted by Gasteiger charge is -2.10. The first kappa shape index (κ1) is 14.4. The van der Waals surface area contributed by atoms with Crippen molar-refractivity contribution < 1.29 is 18.5 Å². The van der Waals surface area contributed by atoms with Crippen molar-refractivity contribution in [3.63, 3.8) is 0 Å². The number of hydrogen-bond donors (Lipinski definition) is 1. The number of carbonyl (C=O) groups is 1. The van der Waals surface area contributed by atoms with Crippen molar-refractivity contribution in [3.05, 3.63) is 39.4 Å². The molecule has 1 aliphatic rings. The Labute approximate surface area is 114 Å². The third-order valence-corrected chi connectivity index (χ3v) is 3.51. The minimum atomic E-state index is -1.34. The summed E-state index contributed by atoms with van der Waals surface area (Å²) >= 11 is 0. The molecule has 0 unspecified atom stereocenters. The number of amides is 1. The van der Waals surface area contributed by atoms with E-state index in [1.165, 1.54) is 0 Å². The Bertz CT molecular complexity index is 543. The fourth-order valence-corrected chi connectivity index (χ4v) is 2.42.